The van der Waals surface area contributed by atoms with E-state index in [1.54, 1.807) is 0 Å². The van der Waals surface area contributed by atoms with Gasteiger partial charge < -0.3 is 10.5 Å². The molecular formula is C13H15BrF3NO2. The third-order valence-corrected chi connectivity index (χ3v) is 3.87. The van der Waals surface area contributed by atoms with Crippen LogP contribution in [-0.4, -0.2) is 13.1 Å². The predicted molar refractivity (Wildman–Crippen MR) is 71.9 cm³/mol. The number of carbonyl (C=O) groups is 1. The first-order valence-electron chi connectivity index (χ1n) is 5.72. The van der Waals surface area contributed by atoms with Crippen molar-refractivity contribution >= 4 is 21.9 Å². The van der Waals surface area contributed by atoms with Crippen molar-refractivity contribution in [2.45, 2.75) is 26.1 Å². The van der Waals surface area contributed by atoms with Crippen molar-refractivity contribution in [2.24, 2.45) is 11.1 Å². The van der Waals surface area contributed by atoms with E-state index in [0.717, 1.165) is 12.1 Å². The SMILES string of the molecule is COC(=O)C(C)(C)[C@@H](N)c1cc(C(F)(F)F)ccc1Br. The lowest BCUT2D eigenvalue weighted by Gasteiger charge is -2.30. The van der Waals surface area contributed by atoms with Crippen molar-refractivity contribution in [2.75, 3.05) is 7.11 Å². The van der Waals surface area contributed by atoms with Crippen LogP contribution in [0.1, 0.15) is 31.0 Å². The number of alkyl halides is 3. The fourth-order valence-corrected chi connectivity index (χ4v) is 2.23. The van der Waals surface area contributed by atoms with E-state index < -0.39 is 29.2 Å². The van der Waals surface area contributed by atoms with Crippen molar-refractivity contribution in [1.29, 1.82) is 0 Å². The van der Waals surface area contributed by atoms with Crippen molar-refractivity contribution in [3.05, 3.63) is 33.8 Å². The highest BCUT2D eigenvalue weighted by Crippen LogP contribution is 2.39. The Bertz CT molecular complexity index is 515. The van der Waals surface area contributed by atoms with Gasteiger partial charge in [0.1, 0.15) is 0 Å². The lowest BCUT2D eigenvalue weighted by Crippen LogP contribution is -2.37. The number of esters is 1. The molecule has 0 aliphatic rings. The number of carbonyl (C=O) groups excluding carboxylic acids is 1. The van der Waals surface area contributed by atoms with Gasteiger partial charge in [0.2, 0.25) is 0 Å². The minimum Gasteiger partial charge on any atom is -0.469 e. The number of rotatable bonds is 3. The van der Waals surface area contributed by atoms with Gasteiger partial charge in [-0.25, -0.2) is 0 Å². The molecule has 7 heteroatoms. The molecule has 1 atom stereocenters. The Morgan fingerprint density at radius 3 is 2.35 bits per heavy atom. The molecule has 0 saturated carbocycles. The van der Waals surface area contributed by atoms with Crippen molar-refractivity contribution in [3.8, 4) is 0 Å². The van der Waals surface area contributed by atoms with Crippen LogP contribution >= 0.6 is 15.9 Å². The second-order valence-corrected chi connectivity index (χ2v) is 5.78. The maximum absolute atomic E-state index is 12.7. The molecule has 0 aliphatic carbocycles. The molecule has 3 nitrogen and oxygen atoms in total. The summed E-state index contributed by atoms with van der Waals surface area (Å²) in [5, 5.41) is 0. The van der Waals surface area contributed by atoms with Gasteiger partial charge >= 0.3 is 12.1 Å². The average molecular weight is 354 g/mol. The Labute approximate surface area is 123 Å². The van der Waals surface area contributed by atoms with Crippen LogP contribution in [0.2, 0.25) is 0 Å². The van der Waals surface area contributed by atoms with Crippen LogP contribution in [0.25, 0.3) is 0 Å². The zero-order chi connectivity index (χ0) is 15.7. The molecule has 0 amide bonds. The first-order chi connectivity index (χ1) is 9.01. The zero-order valence-electron chi connectivity index (χ0n) is 11.2. The summed E-state index contributed by atoms with van der Waals surface area (Å²) in [6.45, 7) is 3.05. The van der Waals surface area contributed by atoms with E-state index in [-0.39, 0.29) is 5.56 Å². The molecule has 0 bridgehead atoms. The molecule has 0 spiro atoms. The molecule has 0 fully saturated rings. The number of hydrogen-bond donors (Lipinski definition) is 1. The molecule has 0 aliphatic heterocycles. The van der Waals surface area contributed by atoms with Gasteiger partial charge in [-0.1, -0.05) is 15.9 Å². The Hall–Kier alpha value is -1.08. The van der Waals surface area contributed by atoms with Crippen LogP contribution in [0.15, 0.2) is 22.7 Å². The number of halogens is 4. The van der Waals surface area contributed by atoms with E-state index in [4.69, 9.17) is 5.73 Å². The summed E-state index contributed by atoms with van der Waals surface area (Å²) < 4.78 is 43.3. The summed E-state index contributed by atoms with van der Waals surface area (Å²) in [7, 11) is 1.21. The van der Waals surface area contributed by atoms with Crippen molar-refractivity contribution in [1.82, 2.24) is 0 Å². The molecule has 0 aromatic heterocycles. The molecule has 0 saturated heterocycles. The summed E-state index contributed by atoms with van der Waals surface area (Å²) in [6, 6.07) is 2.22. The average Bonchev–Trinajstić information content (AvgIpc) is 2.35. The Morgan fingerprint density at radius 2 is 1.90 bits per heavy atom. The normalized spacial score (nSPS) is 14.0. The van der Waals surface area contributed by atoms with Gasteiger partial charge in [-0.15, -0.1) is 0 Å². The number of benzene rings is 1. The lowest BCUT2D eigenvalue weighted by molar-refractivity contribution is -0.152. The molecule has 1 aromatic rings. The van der Waals surface area contributed by atoms with E-state index in [1.807, 2.05) is 0 Å². The fraction of sp³-hybridized carbons (Fsp3) is 0.462. The van der Waals surface area contributed by atoms with Gasteiger partial charge in [0.05, 0.1) is 18.1 Å². The van der Waals surface area contributed by atoms with E-state index in [2.05, 4.69) is 20.7 Å². The quantitative estimate of drug-likeness (QED) is 0.843. The maximum atomic E-state index is 12.7. The highest BCUT2D eigenvalue weighted by molar-refractivity contribution is 9.10. The van der Waals surface area contributed by atoms with Gasteiger partial charge in [0.25, 0.3) is 0 Å². The molecule has 1 aromatic carbocycles. The fourth-order valence-electron chi connectivity index (χ4n) is 1.74. The molecule has 1 rings (SSSR count). The Kier molecular flexibility index (Phi) is 4.86. The van der Waals surface area contributed by atoms with Crippen LogP contribution in [0.5, 0.6) is 0 Å². The second-order valence-electron chi connectivity index (χ2n) is 4.92. The summed E-state index contributed by atoms with van der Waals surface area (Å²) in [5.74, 6) is -0.589. The van der Waals surface area contributed by atoms with E-state index in [0.29, 0.717) is 4.47 Å². The molecule has 2 N–H and O–H groups in total. The second kappa shape index (κ2) is 5.73. The minimum atomic E-state index is -4.47. The van der Waals surface area contributed by atoms with Gasteiger partial charge in [0, 0.05) is 10.5 Å². The summed E-state index contributed by atoms with van der Waals surface area (Å²) in [4.78, 5) is 11.7. The third-order valence-electron chi connectivity index (χ3n) is 3.15. The largest absolute Gasteiger partial charge is 0.469 e. The predicted octanol–water partition coefficient (Wildman–Crippen LogP) is 3.67. The van der Waals surface area contributed by atoms with Crippen LogP contribution in [0, 0.1) is 5.41 Å². The van der Waals surface area contributed by atoms with Crippen LogP contribution < -0.4 is 5.73 Å². The van der Waals surface area contributed by atoms with Gasteiger partial charge in [0.15, 0.2) is 0 Å². The van der Waals surface area contributed by atoms with Gasteiger partial charge in [-0.2, -0.15) is 13.2 Å². The molecule has 0 unspecified atom stereocenters. The zero-order valence-corrected chi connectivity index (χ0v) is 12.8. The smallest absolute Gasteiger partial charge is 0.416 e. The highest BCUT2D eigenvalue weighted by atomic mass is 79.9. The summed E-state index contributed by atoms with van der Waals surface area (Å²) >= 11 is 3.16. The number of methoxy groups -OCH3 is 1. The molecule has 0 radical (unpaired) electrons. The van der Waals surface area contributed by atoms with Gasteiger partial charge in [-0.3, -0.25) is 4.79 Å². The summed E-state index contributed by atoms with van der Waals surface area (Å²) in [6.07, 6.45) is -4.47. The minimum absolute atomic E-state index is 0.204. The van der Waals surface area contributed by atoms with E-state index in [1.165, 1.54) is 27.0 Å². The topological polar surface area (TPSA) is 52.3 Å². The molecule has 0 heterocycles. The standard InChI is InChI=1S/C13H15BrF3NO2/c1-12(2,11(19)20-3)10(18)8-6-7(13(15,16)17)4-5-9(8)14/h4-6,10H,18H2,1-3H3/t10-/m0/s1. The van der Waals surface area contributed by atoms with E-state index in [9.17, 15) is 18.0 Å². The van der Waals surface area contributed by atoms with Crippen LogP contribution in [-0.2, 0) is 15.7 Å². The maximum Gasteiger partial charge on any atom is 0.416 e. The van der Waals surface area contributed by atoms with Crippen molar-refractivity contribution < 1.29 is 22.7 Å². The van der Waals surface area contributed by atoms with Crippen molar-refractivity contribution in [3.63, 3.8) is 0 Å². The lowest BCUT2D eigenvalue weighted by atomic mass is 9.80. The third kappa shape index (κ3) is 3.32. The highest BCUT2D eigenvalue weighted by Gasteiger charge is 2.39. The first-order valence-corrected chi connectivity index (χ1v) is 6.51. The first kappa shape index (κ1) is 17.0. The van der Waals surface area contributed by atoms with Crippen LogP contribution in [0.3, 0.4) is 0 Å². The molecule has 112 valence electrons. The number of hydrogen-bond acceptors (Lipinski definition) is 3. The van der Waals surface area contributed by atoms with Crippen LogP contribution in [0.4, 0.5) is 13.2 Å². The molecule has 20 heavy (non-hydrogen) atoms. The Balaban J connectivity index is 3.29. The number of nitrogens with two attached hydrogens (primary N) is 1. The Morgan fingerprint density at radius 1 is 1.35 bits per heavy atom. The summed E-state index contributed by atoms with van der Waals surface area (Å²) in [5.41, 5.74) is 4.20. The van der Waals surface area contributed by atoms with Gasteiger partial charge in [-0.05, 0) is 37.6 Å². The monoisotopic (exact) mass is 353 g/mol. The molecular weight excluding hydrogens is 339 g/mol. The van der Waals surface area contributed by atoms with E-state index >= 15 is 0 Å². The number of ether oxygens (including phenoxy) is 1.